The van der Waals surface area contributed by atoms with Crippen molar-refractivity contribution in [3.05, 3.63) is 64.6 Å². The van der Waals surface area contributed by atoms with Crippen LogP contribution in [-0.2, 0) is 6.18 Å². The first kappa shape index (κ1) is 15.8. The molecule has 1 N–H and O–H groups in total. The molecule has 2 aromatic rings. The lowest BCUT2D eigenvalue weighted by molar-refractivity contribution is -0.141. The molecule has 0 saturated carbocycles. The summed E-state index contributed by atoms with van der Waals surface area (Å²) < 4.78 is 38.0. The maximum atomic E-state index is 12.7. The van der Waals surface area contributed by atoms with Gasteiger partial charge in [0.1, 0.15) is 11.4 Å². The molecule has 0 unspecified atom stereocenters. The second-order valence-corrected chi connectivity index (χ2v) is 4.46. The zero-order chi connectivity index (χ0) is 16.3. The minimum absolute atomic E-state index is 0.248. The molecule has 0 bridgehead atoms. The summed E-state index contributed by atoms with van der Waals surface area (Å²) in [5, 5.41) is 1.26. The standard InChI is InChI=1S/C16H13F3N2O/c1-3-6-12-10(4-2)11(9-20-12)15(22)13-7-5-8-14(21-13)16(17,18)19/h3-9,20H,1H2,2H3/b10-4-,12-6+. The Balaban J connectivity index is 2.55. The van der Waals surface area contributed by atoms with Crippen molar-refractivity contribution in [3.8, 4) is 0 Å². The molecule has 114 valence electrons. The molecule has 0 amide bonds. The molecule has 0 saturated heterocycles. The van der Waals surface area contributed by atoms with Crippen LogP contribution in [0.4, 0.5) is 13.2 Å². The van der Waals surface area contributed by atoms with E-state index in [4.69, 9.17) is 0 Å². The smallest absolute Gasteiger partial charge is 0.360 e. The molecule has 22 heavy (non-hydrogen) atoms. The topological polar surface area (TPSA) is 45.8 Å². The summed E-state index contributed by atoms with van der Waals surface area (Å²) in [5.41, 5.74) is -1.07. The van der Waals surface area contributed by atoms with Crippen LogP contribution < -0.4 is 10.6 Å². The second-order valence-electron chi connectivity index (χ2n) is 4.46. The Kier molecular flexibility index (Phi) is 4.30. The molecule has 0 aromatic carbocycles. The maximum Gasteiger partial charge on any atom is 0.433 e. The summed E-state index contributed by atoms with van der Waals surface area (Å²) in [7, 11) is 0. The largest absolute Gasteiger partial charge is 0.433 e. The molecule has 0 aliphatic carbocycles. The minimum Gasteiger partial charge on any atom is -0.360 e. The molecule has 2 heterocycles. The highest BCUT2D eigenvalue weighted by Crippen LogP contribution is 2.27. The van der Waals surface area contributed by atoms with Gasteiger partial charge in [-0.15, -0.1) is 0 Å². The summed E-state index contributed by atoms with van der Waals surface area (Å²) in [6.07, 6.45) is 1.79. The summed E-state index contributed by atoms with van der Waals surface area (Å²) >= 11 is 0. The van der Waals surface area contributed by atoms with E-state index in [0.29, 0.717) is 10.6 Å². The van der Waals surface area contributed by atoms with E-state index in [1.807, 2.05) is 0 Å². The van der Waals surface area contributed by atoms with Gasteiger partial charge < -0.3 is 4.98 Å². The Labute approximate surface area is 124 Å². The highest BCUT2D eigenvalue weighted by atomic mass is 19.4. The van der Waals surface area contributed by atoms with Crippen molar-refractivity contribution < 1.29 is 18.0 Å². The Morgan fingerprint density at radius 3 is 2.68 bits per heavy atom. The third kappa shape index (κ3) is 3.00. The minimum atomic E-state index is -4.59. The molecule has 6 heteroatoms. The van der Waals surface area contributed by atoms with Gasteiger partial charge in [0, 0.05) is 22.3 Å². The number of rotatable bonds is 3. The van der Waals surface area contributed by atoms with Crippen LogP contribution in [0.1, 0.15) is 28.7 Å². The number of aromatic nitrogens is 2. The summed E-state index contributed by atoms with van der Waals surface area (Å²) in [5.74, 6) is -0.570. The third-order valence-electron chi connectivity index (χ3n) is 3.04. The van der Waals surface area contributed by atoms with Gasteiger partial charge >= 0.3 is 6.18 Å². The van der Waals surface area contributed by atoms with E-state index in [1.165, 1.54) is 18.3 Å². The zero-order valence-corrected chi connectivity index (χ0v) is 11.7. The number of nitrogens with one attached hydrogen (secondary N) is 1. The summed E-state index contributed by atoms with van der Waals surface area (Å²) in [4.78, 5) is 18.7. The van der Waals surface area contributed by atoms with Crippen LogP contribution in [0.5, 0.6) is 0 Å². The number of allylic oxidation sites excluding steroid dienone is 1. The lowest BCUT2D eigenvalue weighted by Crippen LogP contribution is -2.27. The average molecular weight is 306 g/mol. The van der Waals surface area contributed by atoms with Gasteiger partial charge in [0.2, 0.25) is 5.78 Å². The Hall–Kier alpha value is -2.63. The molecule has 2 rings (SSSR count). The number of pyridine rings is 1. The van der Waals surface area contributed by atoms with Gasteiger partial charge in [-0.25, -0.2) is 4.98 Å². The predicted octanol–water partition coefficient (Wildman–Crippen LogP) is 2.43. The van der Waals surface area contributed by atoms with Crippen molar-refractivity contribution in [2.75, 3.05) is 0 Å². The van der Waals surface area contributed by atoms with Gasteiger partial charge in [-0.2, -0.15) is 13.2 Å². The fraction of sp³-hybridized carbons (Fsp3) is 0.125. The lowest BCUT2D eigenvalue weighted by atomic mass is 10.1. The number of nitrogens with zero attached hydrogens (tertiary/aromatic N) is 1. The van der Waals surface area contributed by atoms with Crippen LogP contribution in [-0.4, -0.2) is 15.8 Å². The van der Waals surface area contributed by atoms with E-state index in [0.717, 1.165) is 6.07 Å². The van der Waals surface area contributed by atoms with Crippen molar-refractivity contribution in [2.45, 2.75) is 13.1 Å². The average Bonchev–Trinajstić information content (AvgIpc) is 2.89. The van der Waals surface area contributed by atoms with E-state index in [2.05, 4.69) is 16.5 Å². The lowest BCUT2D eigenvalue weighted by Gasteiger charge is -2.06. The fourth-order valence-corrected chi connectivity index (χ4v) is 2.06. The molecular weight excluding hydrogens is 293 g/mol. The predicted molar refractivity (Wildman–Crippen MR) is 77.5 cm³/mol. The van der Waals surface area contributed by atoms with Crippen LogP contribution in [0, 0.1) is 0 Å². The quantitative estimate of drug-likeness (QED) is 0.885. The molecule has 2 aromatic heterocycles. The number of hydrogen-bond donors (Lipinski definition) is 1. The first-order chi connectivity index (χ1) is 10.4. The fourth-order valence-electron chi connectivity index (χ4n) is 2.06. The zero-order valence-electron chi connectivity index (χ0n) is 11.7. The number of halogens is 3. The molecule has 3 nitrogen and oxygen atoms in total. The van der Waals surface area contributed by atoms with E-state index < -0.39 is 17.7 Å². The van der Waals surface area contributed by atoms with Crippen LogP contribution in [0.3, 0.4) is 0 Å². The van der Waals surface area contributed by atoms with Crippen molar-refractivity contribution in [1.29, 1.82) is 0 Å². The van der Waals surface area contributed by atoms with Crippen LogP contribution in [0.2, 0.25) is 0 Å². The molecular formula is C16H13F3N2O. The van der Waals surface area contributed by atoms with Crippen LogP contribution >= 0.6 is 0 Å². The van der Waals surface area contributed by atoms with Crippen molar-refractivity contribution >= 4 is 17.9 Å². The van der Waals surface area contributed by atoms with Crippen LogP contribution in [0.15, 0.2) is 37.1 Å². The van der Waals surface area contributed by atoms with E-state index in [-0.39, 0.29) is 11.3 Å². The number of carbonyl (C=O) groups excluding carboxylic acids is 1. The SMILES string of the molecule is C=C/C=c1/[nH]cc(C(=O)c2cccc(C(F)(F)F)n2)/c1=C/C. The van der Waals surface area contributed by atoms with Crippen LogP contribution in [0.25, 0.3) is 12.2 Å². The summed E-state index contributed by atoms with van der Waals surface area (Å²) in [6.45, 7) is 5.31. The Morgan fingerprint density at radius 2 is 2.09 bits per heavy atom. The van der Waals surface area contributed by atoms with Gasteiger partial charge in [0.05, 0.1) is 0 Å². The number of H-pyrrole nitrogens is 1. The molecule has 0 radical (unpaired) electrons. The number of hydrogen-bond acceptors (Lipinski definition) is 2. The van der Waals surface area contributed by atoms with Gasteiger partial charge in [0.15, 0.2) is 0 Å². The first-order valence-corrected chi connectivity index (χ1v) is 6.44. The van der Waals surface area contributed by atoms with Crippen molar-refractivity contribution in [2.24, 2.45) is 0 Å². The molecule has 0 atom stereocenters. The number of aromatic amines is 1. The molecule has 0 aliphatic heterocycles. The molecule has 0 fully saturated rings. The highest BCUT2D eigenvalue weighted by molar-refractivity contribution is 6.07. The van der Waals surface area contributed by atoms with Crippen molar-refractivity contribution in [1.82, 2.24) is 9.97 Å². The number of carbonyl (C=O) groups is 1. The van der Waals surface area contributed by atoms with Gasteiger partial charge in [-0.05, 0) is 25.1 Å². The first-order valence-electron chi connectivity index (χ1n) is 6.44. The molecule has 0 spiro atoms. The monoisotopic (exact) mass is 306 g/mol. The normalized spacial score (nSPS) is 13.5. The Morgan fingerprint density at radius 1 is 1.36 bits per heavy atom. The molecule has 0 aliphatic rings. The van der Waals surface area contributed by atoms with Crippen molar-refractivity contribution in [3.63, 3.8) is 0 Å². The van der Waals surface area contributed by atoms with E-state index in [1.54, 1.807) is 25.2 Å². The number of alkyl halides is 3. The van der Waals surface area contributed by atoms with Gasteiger partial charge in [-0.3, -0.25) is 4.79 Å². The number of ketones is 1. The maximum absolute atomic E-state index is 12.7. The van der Waals surface area contributed by atoms with E-state index >= 15 is 0 Å². The van der Waals surface area contributed by atoms with E-state index in [9.17, 15) is 18.0 Å². The summed E-state index contributed by atoms with van der Waals surface area (Å²) in [6, 6.07) is 3.26. The third-order valence-corrected chi connectivity index (χ3v) is 3.04. The highest BCUT2D eigenvalue weighted by Gasteiger charge is 2.33. The second kappa shape index (κ2) is 6.01. The van der Waals surface area contributed by atoms with Gasteiger partial charge in [-0.1, -0.05) is 24.8 Å². The van der Waals surface area contributed by atoms with Gasteiger partial charge in [0.25, 0.3) is 0 Å². The Bertz CT molecular complexity index is 832.